The maximum atomic E-state index is 3.46. The van der Waals surface area contributed by atoms with Crippen LogP contribution in [0.4, 0.5) is 0 Å². The van der Waals surface area contributed by atoms with Gasteiger partial charge in [-0.25, -0.2) is 0 Å². The maximum Gasteiger partial charge on any atom is 0.00922 e. The van der Waals surface area contributed by atoms with Crippen LogP contribution in [0.15, 0.2) is 0 Å². The van der Waals surface area contributed by atoms with Crippen LogP contribution in [0.2, 0.25) is 0 Å². The lowest BCUT2D eigenvalue weighted by Gasteiger charge is -2.25. The van der Waals surface area contributed by atoms with E-state index < -0.39 is 0 Å². The third kappa shape index (κ3) is 3.97. The molecule has 0 heterocycles. The molecular formula is C12H26N2. The average molecular weight is 198 g/mol. The van der Waals surface area contributed by atoms with E-state index in [9.17, 15) is 0 Å². The molecule has 0 aliphatic heterocycles. The monoisotopic (exact) mass is 198 g/mol. The van der Waals surface area contributed by atoms with E-state index >= 15 is 0 Å². The molecule has 84 valence electrons. The van der Waals surface area contributed by atoms with Gasteiger partial charge in [-0.3, -0.25) is 0 Å². The molecule has 1 atom stereocenters. The molecule has 1 unspecified atom stereocenters. The van der Waals surface area contributed by atoms with Crippen LogP contribution < -0.4 is 5.32 Å². The van der Waals surface area contributed by atoms with E-state index in [-0.39, 0.29) is 0 Å². The zero-order chi connectivity index (χ0) is 10.4. The first kappa shape index (κ1) is 12.0. The van der Waals surface area contributed by atoms with Gasteiger partial charge in [-0.15, -0.1) is 0 Å². The molecule has 14 heavy (non-hydrogen) atoms. The molecule has 0 saturated heterocycles. The minimum absolute atomic E-state index is 0.670. The largest absolute Gasteiger partial charge is 0.314 e. The van der Waals surface area contributed by atoms with E-state index in [1.54, 1.807) is 0 Å². The third-order valence-electron chi connectivity index (χ3n) is 3.42. The quantitative estimate of drug-likeness (QED) is 0.704. The minimum Gasteiger partial charge on any atom is -0.314 e. The fourth-order valence-electron chi connectivity index (χ4n) is 2.38. The fourth-order valence-corrected chi connectivity index (χ4v) is 2.38. The third-order valence-corrected chi connectivity index (χ3v) is 3.42. The second-order valence-corrected chi connectivity index (χ2v) is 4.67. The van der Waals surface area contributed by atoms with Crippen molar-refractivity contribution in [2.45, 2.75) is 58.0 Å². The fraction of sp³-hybridized carbons (Fsp3) is 1.00. The zero-order valence-corrected chi connectivity index (χ0v) is 10.1. The first-order valence-corrected chi connectivity index (χ1v) is 6.17. The molecule has 0 amide bonds. The van der Waals surface area contributed by atoms with Crippen molar-refractivity contribution in [1.82, 2.24) is 10.2 Å². The number of rotatable bonds is 6. The summed E-state index contributed by atoms with van der Waals surface area (Å²) in [5, 5.41) is 3.46. The van der Waals surface area contributed by atoms with Gasteiger partial charge in [0.2, 0.25) is 0 Å². The van der Waals surface area contributed by atoms with Gasteiger partial charge in [-0.1, -0.05) is 19.8 Å². The average Bonchev–Trinajstić information content (AvgIpc) is 2.67. The summed E-state index contributed by atoms with van der Waals surface area (Å²) < 4.78 is 0. The minimum atomic E-state index is 0.670. The molecule has 0 aromatic carbocycles. The summed E-state index contributed by atoms with van der Waals surface area (Å²) in [7, 11) is 2.29. The van der Waals surface area contributed by atoms with Crippen molar-refractivity contribution in [3.05, 3.63) is 0 Å². The summed E-state index contributed by atoms with van der Waals surface area (Å²) in [6.45, 7) is 6.80. The van der Waals surface area contributed by atoms with E-state index in [0.29, 0.717) is 6.04 Å². The van der Waals surface area contributed by atoms with Crippen molar-refractivity contribution >= 4 is 0 Å². The van der Waals surface area contributed by atoms with Crippen LogP contribution in [0.1, 0.15) is 46.0 Å². The molecule has 0 spiro atoms. The van der Waals surface area contributed by atoms with Crippen LogP contribution >= 0.6 is 0 Å². The lowest BCUT2D eigenvalue weighted by atomic mass is 10.2. The maximum absolute atomic E-state index is 3.46. The summed E-state index contributed by atoms with van der Waals surface area (Å²) in [4.78, 5) is 2.56. The molecule has 0 bridgehead atoms. The molecule has 1 rings (SSSR count). The van der Waals surface area contributed by atoms with Crippen LogP contribution in [0, 0.1) is 0 Å². The highest BCUT2D eigenvalue weighted by atomic mass is 15.1. The molecule has 1 aliphatic rings. The van der Waals surface area contributed by atoms with Crippen LogP contribution in [-0.4, -0.2) is 37.1 Å². The van der Waals surface area contributed by atoms with Crippen LogP contribution in [-0.2, 0) is 0 Å². The Labute approximate surface area is 89.1 Å². The Morgan fingerprint density at radius 2 is 2.00 bits per heavy atom. The number of nitrogens with zero attached hydrogens (tertiary/aromatic N) is 1. The van der Waals surface area contributed by atoms with Gasteiger partial charge in [0.05, 0.1) is 0 Å². The Morgan fingerprint density at radius 1 is 1.36 bits per heavy atom. The Bertz CT molecular complexity index is 141. The van der Waals surface area contributed by atoms with E-state index in [1.165, 1.54) is 38.6 Å². The molecule has 0 aromatic heterocycles. The molecule has 1 N–H and O–H groups in total. The Balaban J connectivity index is 2.10. The van der Waals surface area contributed by atoms with Crippen molar-refractivity contribution in [3.63, 3.8) is 0 Å². The topological polar surface area (TPSA) is 15.3 Å². The predicted molar refractivity (Wildman–Crippen MR) is 62.6 cm³/mol. The van der Waals surface area contributed by atoms with Crippen LogP contribution in [0.25, 0.3) is 0 Å². The standard InChI is InChI=1S/C12H26N2/c1-4-13-11(2)9-10-14(3)12-7-5-6-8-12/h11-13H,4-10H2,1-3H3. The smallest absolute Gasteiger partial charge is 0.00922 e. The van der Waals surface area contributed by atoms with Crippen molar-refractivity contribution < 1.29 is 0 Å². The second kappa shape index (κ2) is 6.41. The summed E-state index contributed by atoms with van der Waals surface area (Å²) in [5.74, 6) is 0. The highest BCUT2D eigenvalue weighted by Gasteiger charge is 2.19. The number of hydrogen-bond acceptors (Lipinski definition) is 2. The van der Waals surface area contributed by atoms with Crippen LogP contribution in [0.3, 0.4) is 0 Å². The van der Waals surface area contributed by atoms with Gasteiger partial charge in [0, 0.05) is 12.1 Å². The zero-order valence-electron chi connectivity index (χ0n) is 10.1. The van der Waals surface area contributed by atoms with Crippen molar-refractivity contribution in [2.24, 2.45) is 0 Å². The summed E-state index contributed by atoms with van der Waals surface area (Å²) in [6, 6.07) is 1.55. The summed E-state index contributed by atoms with van der Waals surface area (Å²) in [5.41, 5.74) is 0. The van der Waals surface area contributed by atoms with E-state index in [4.69, 9.17) is 0 Å². The summed E-state index contributed by atoms with van der Waals surface area (Å²) in [6.07, 6.45) is 7.01. The first-order chi connectivity index (χ1) is 6.74. The van der Waals surface area contributed by atoms with Gasteiger partial charge in [0.15, 0.2) is 0 Å². The van der Waals surface area contributed by atoms with Crippen molar-refractivity contribution in [2.75, 3.05) is 20.1 Å². The highest BCUT2D eigenvalue weighted by Crippen LogP contribution is 2.22. The first-order valence-electron chi connectivity index (χ1n) is 6.17. The molecule has 1 fully saturated rings. The second-order valence-electron chi connectivity index (χ2n) is 4.67. The van der Waals surface area contributed by atoms with Gasteiger partial charge in [-0.2, -0.15) is 0 Å². The van der Waals surface area contributed by atoms with E-state index in [1.807, 2.05) is 0 Å². The Kier molecular flexibility index (Phi) is 5.49. The lowest BCUT2D eigenvalue weighted by molar-refractivity contribution is 0.234. The SMILES string of the molecule is CCNC(C)CCN(C)C1CCCC1. The molecule has 0 aromatic rings. The molecular weight excluding hydrogens is 172 g/mol. The van der Waals surface area contributed by atoms with Gasteiger partial charge >= 0.3 is 0 Å². The predicted octanol–water partition coefficient (Wildman–Crippen LogP) is 2.25. The highest BCUT2D eigenvalue weighted by molar-refractivity contribution is 4.76. The van der Waals surface area contributed by atoms with Crippen molar-refractivity contribution in [1.29, 1.82) is 0 Å². The Hall–Kier alpha value is -0.0800. The van der Waals surface area contributed by atoms with Gasteiger partial charge < -0.3 is 10.2 Å². The summed E-state index contributed by atoms with van der Waals surface area (Å²) >= 11 is 0. The number of nitrogens with one attached hydrogen (secondary N) is 1. The lowest BCUT2D eigenvalue weighted by Crippen LogP contribution is -2.34. The molecule has 1 saturated carbocycles. The number of hydrogen-bond donors (Lipinski definition) is 1. The molecule has 1 aliphatic carbocycles. The van der Waals surface area contributed by atoms with Gasteiger partial charge in [0.25, 0.3) is 0 Å². The molecule has 0 radical (unpaired) electrons. The molecule has 2 nitrogen and oxygen atoms in total. The van der Waals surface area contributed by atoms with Gasteiger partial charge in [-0.05, 0) is 46.3 Å². The van der Waals surface area contributed by atoms with Gasteiger partial charge in [0.1, 0.15) is 0 Å². The molecule has 2 heteroatoms. The van der Waals surface area contributed by atoms with Crippen LogP contribution in [0.5, 0.6) is 0 Å². The normalized spacial score (nSPS) is 20.6. The van der Waals surface area contributed by atoms with E-state index in [2.05, 4.69) is 31.1 Å². The Morgan fingerprint density at radius 3 is 2.57 bits per heavy atom. The van der Waals surface area contributed by atoms with E-state index in [0.717, 1.165) is 12.6 Å². The van der Waals surface area contributed by atoms with Crippen molar-refractivity contribution in [3.8, 4) is 0 Å².